The molecule has 4 heteroatoms. The molecule has 316 valence electrons. The van der Waals surface area contributed by atoms with Crippen molar-refractivity contribution >= 4 is 33.3 Å². The van der Waals surface area contributed by atoms with Gasteiger partial charge >= 0.3 is 0 Å². The summed E-state index contributed by atoms with van der Waals surface area (Å²) < 4.78 is 12.3. The van der Waals surface area contributed by atoms with E-state index in [1.165, 1.54) is 77.9 Å². The number of fused-ring (bicyclic) bond motifs is 8. The van der Waals surface area contributed by atoms with E-state index in [1.54, 1.807) is 0 Å². The predicted molar refractivity (Wildman–Crippen MR) is 269 cm³/mol. The summed E-state index contributed by atoms with van der Waals surface area (Å²) in [6, 6.07) is 63.5. The van der Waals surface area contributed by atoms with Crippen LogP contribution >= 0.6 is 0 Å². The Kier molecular flexibility index (Phi) is 8.39. The molecule has 0 spiro atoms. The summed E-state index contributed by atoms with van der Waals surface area (Å²) in [6.45, 7) is 9.55. The lowest BCUT2D eigenvalue weighted by Crippen LogP contribution is -2.17. The van der Waals surface area contributed by atoms with E-state index in [0.29, 0.717) is 11.8 Å². The maximum atomic E-state index is 6.14. The van der Waals surface area contributed by atoms with Crippen molar-refractivity contribution in [2.75, 3.05) is 0 Å². The Hall–Kier alpha value is -7.82. The van der Waals surface area contributed by atoms with E-state index < -0.39 is 0 Å². The van der Waals surface area contributed by atoms with Crippen LogP contribution in [0.25, 0.3) is 89.6 Å². The van der Waals surface area contributed by atoms with Gasteiger partial charge < -0.3 is 8.83 Å². The minimum Gasteiger partial charge on any atom is -0.436 e. The minimum atomic E-state index is -0.139. The molecule has 0 fully saturated rings. The van der Waals surface area contributed by atoms with Crippen molar-refractivity contribution in [2.45, 2.75) is 50.9 Å². The molecule has 0 N–H and O–H groups in total. The molecule has 0 amide bonds. The van der Waals surface area contributed by atoms with E-state index in [1.807, 2.05) is 48.5 Å². The van der Waals surface area contributed by atoms with Crippen molar-refractivity contribution < 1.29 is 8.83 Å². The van der Waals surface area contributed by atoms with Crippen LogP contribution in [0, 0.1) is 0 Å². The molecule has 13 rings (SSSR count). The topological polar surface area (TPSA) is 52.1 Å². The first kappa shape index (κ1) is 38.6. The second kappa shape index (κ2) is 14.3. The fourth-order valence-electron chi connectivity index (χ4n) is 11.1. The molecule has 2 aromatic heterocycles. The number of para-hydroxylation sites is 4. The summed E-state index contributed by atoms with van der Waals surface area (Å²) in [7, 11) is 0. The second-order valence-electron chi connectivity index (χ2n) is 19.4. The summed E-state index contributed by atoms with van der Waals surface area (Å²) in [6.07, 6.45) is 5.68. The van der Waals surface area contributed by atoms with Crippen LogP contribution in [0.15, 0.2) is 197 Å². The number of benzene rings is 8. The van der Waals surface area contributed by atoms with Crippen molar-refractivity contribution in [3.8, 4) is 56.3 Å². The van der Waals surface area contributed by atoms with Crippen molar-refractivity contribution in [3.63, 3.8) is 0 Å². The molecule has 10 aromatic rings. The van der Waals surface area contributed by atoms with Gasteiger partial charge in [-0.1, -0.05) is 143 Å². The van der Waals surface area contributed by atoms with Gasteiger partial charge in [0.15, 0.2) is 11.2 Å². The predicted octanol–water partition coefficient (Wildman–Crippen LogP) is 16.2. The molecule has 66 heavy (non-hydrogen) atoms. The quantitative estimate of drug-likeness (QED) is 0.167. The maximum absolute atomic E-state index is 6.14. The average Bonchev–Trinajstić information content (AvgIpc) is 4.11. The molecule has 0 bridgehead atoms. The monoisotopic (exact) mass is 850 g/mol. The average molecular weight is 851 g/mol. The first-order valence-electron chi connectivity index (χ1n) is 23.0. The van der Waals surface area contributed by atoms with Crippen LogP contribution in [-0.4, -0.2) is 9.97 Å². The van der Waals surface area contributed by atoms with Crippen LogP contribution in [0.5, 0.6) is 0 Å². The molecule has 3 aliphatic rings. The minimum absolute atomic E-state index is 0.0388. The number of hydrogen-bond donors (Lipinski definition) is 0. The summed E-state index contributed by atoms with van der Waals surface area (Å²) in [5, 5.41) is 0. The van der Waals surface area contributed by atoms with Gasteiger partial charge in [-0.2, -0.15) is 0 Å². The lowest BCUT2D eigenvalue weighted by molar-refractivity contribution is 0.619. The highest BCUT2D eigenvalue weighted by Crippen LogP contribution is 2.56. The van der Waals surface area contributed by atoms with Gasteiger partial charge in [-0.25, -0.2) is 9.97 Å². The molecule has 0 aliphatic heterocycles. The van der Waals surface area contributed by atoms with Crippen LogP contribution in [0.4, 0.5) is 0 Å². The largest absolute Gasteiger partial charge is 0.436 e. The number of rotatable bonds is 6. The van der Waals surface area contributed by atoms with Gasteiger partial charge in [-0.05, 0) is 163 Å². The number of hydrogen-bond acceptors (Lipinski definition) is 4. The molecular formula is C62H46N2O2. The van der Waals surface area contributed by atoms with E-state index in [-0.39, 0.29) is 16.7 Å². The molecule has 3 aliphatic carbocycles. The molecule has 0 saturated heterocycles. The van der Waals surface area contributed by atoms with Gasteiger partial charge in [0.2, 0.25) is 11.8 Å². The normalized spacial score (nSPS) is 16.4. The molecule has 0 radical (unpaired) electrons. The van der Waals surface area contributed by atoms with Gasteiger partial charge in [-0.3, -0.25) is 0 Å². The second-order valence-corrected chi connectivity index (χ2v) is 19.4. The lowest BCUT2D eigenvalue weighted by Gasteiger charge is -2.24. The van der Waals surface area contributed by atoms with Gasteiger partial charge in [0, 0.05) is 27.9 Å². The third-order valence-corrected chi connectivity index (χ3v) is 14.7. The number of aromatic nitrogens is 2. The van der Waals surface area contributed by atoms with Gasteiger partial charge in [0.1, 0.15) is 11.0 Å². The van der Waals surface area contributed by atoms with E-state index in [4.69, 9.17) is 18.8 Å². The van der Waals surface area contributed by atoms with Crippen LogP contribution in [0.3, 0.4) is 0 Å². The smallest absolute Gasteiger partial charge is 0.227 e. The highest BCUT2D eigenvalue weighted by molar-refractivity contribution is 5.92. The zero-order chi connectivity index (χ0) is 44.3. The molecule has 1 unspecified atom stereocenters. The van der Waals surface area contributed by atoms with Crippen LogP contribution in [-0.2, 0) is 10.8 Å². The number of nitrogens with zero attached hydrogens (tertiary/aromatic N) is 2. The van der Waals surface area contributed by atoms with Crippen LogP contribution in [0.2, 0.25) is 0 Å². The molecule has 2 heterocycles. The Morgan fingerprint density at radius 3 is 1.61 bits per heavy atom. The third kappa shape index (κ3) is 6.05. The zero-order valence-corrected chi connectivity index (χ0v) is 37.4. The van der Waals surface area contributed by atoms with Gasteiger partial charge in [-0.15, -0.1) is 0 Å². The molecule has 1 atom stereocenters. The fourth-order valence-corrected chi connectivity index (χ4v) is 11.1. The van der Waals surface area contributed by atoms with E-state index >= 15 is 0 Å². The summed E-state index contributed by atoms with van der Waals surface area (Å²) in [5.74, 6) is 1.41. The number of allylic oxidation sites excluding steroid dienone is 4. The van der Waals surface area contributed by atoms with Gasteiger partial charge in [0.05, 0.1) is 0 Å². The maximum Gasteiger partial charge on any atom is 0.227 e. The van der Waals surface area contributed by atoms with Crippen molar-refractivity contribution in [1.29, 1.82) is 0 Å². The summed E-state index contributed by atoms with van der Waals surface area (Å²) in [5.41, 5.74) is 24.7. The first-order chi connectivity index (χ1) is 32.2. The first-order valence-corrected chi connectivity index (χ1v) is 23.0. The lowest BCUT2D eigenvalue weighted by atomic mass is 9.79. The SMILES string of the molecule is CC1(C)c2ccccc2-c2cc3c(cc21)-c1ccc(-c2cccc(C4=CC(c5ccc(-c6nc7ccccc7o6)cc5)=CC(c5ccc(-c6nc7ccccc7o6)cc5)C4)c2)cc1C3(C)C. The van der Waals surface area contributed by atoms with E-state index in [9.17, 15) is 0 Å². The Balaban J connectivity index is 0.853. The molecule has 0 saturated carbocycles. The van der Waals surface area contributed by atoms with Crippen LogP contribution < -0.4 is 0 Å². The van der Waals surface area contributed by atoms with E-state index in [2.05, 4.69) is 167 Å². The Morgan fingerprint density at radius 1 is 0.424 bits per heavy atom. The highest BCUT2D eigenvalue weighted by Gasteiger charge is 2.41. The fraction of sp³-hybridized carbons (Fsp3) is 0.129. The summed E-state index contributed by atoms with van der Waals surface area (Å²) in [4.78, 5) is 9.53. The highest BCUT2D eigenvalue weighted by atomic mass is 16.4. The van der Waals surface area contributed by atoms with Gasteiger partial charge in [0.25, 0.3) is 0 Å². The molecule has 8 aromatic carbocycles. The van der Waals surface area contributed by atoms with Crippen LogP contribution in [0.1, 0.15) is 79.0 Å². The number of oxazole rings is 2. The van der Waals surface area contributed by atoms with Crippen molar-refractivity contribution in [2.24, 2.45) is 0 Å². The van der Waals surface area contributed by atoms with E-state index in [0.717, 1.165) is 45.3 Å². The molecular weight excluding hydrogens is 805 g/mol. The third-order valence-electron chi connectivity index (χ3n) is 14.7. The summed E-state index contributed by atoms with van der Waals surface area (Å²) >= 11 is 0. The molecule has 4 nitrogen and oxygen atoms in total. The Bertz CT molecular complexity index is 3600. The standard InChI is InChI=1S/C62H46N2O2/c1-61(2)51-15-6-5-14-47(51)49-35-54-50(36-53(49)61)48-29-28-43(34-52(48)62(54,3)4)41-12-11-13-42(30-41)46-32-44(37-20-24-39(25-21-37)59-63-55-16-7-9-18-57(55)65-59)31-45(33-46)38-22-26-40(27-23-38)60-64-56-17-8-10-19-58(56)66-60/h5-32,34-36,45H,33H2,1-4H3. The zero-order valence-electron chi connectivity index (χ0n) is 37.4. The Morgan fingerprint density at radius 2 is 0.939 bits per heavy atom. The van der Waals surface area contributed by atoms with Crippen molar-refractivity contribution in [1.82, 2.24) is 9.97 Å². The van der Waals surface area contributed by atoms with Crippen molar-refractivity contribution in [3.05, 3.63) is 227 Å². The Labute approximate surface area is 384 Å².